The van der Waals surface area contributed by atoms with Crippen molar-refractivity contribution in [3.05, 3.63) is 29.6 Å². The Morgan fingerprint density at radius 2 is 2.26 bits per heavy atom. The van der Waals surface area contributed by atoms with Gasteiger partial charge in [-0.3, -0.25) is 10.4 Å². The van der Waals surface area contributed by atoms with E-state index >= 15 is 0 Å². The van der Waals surface area contributed by atoms with Crippen molar-refractivity contribution < 1.29 is 9.47 Å². The zero-order chi connectivity index (χ0) is 13.7. The molecule has 1 aliphatic carbocycles. The van der Waals surface area contributed by atoms with E-state index in [-0.39, 0.29) is 11.9 Å². The number of nitrogen functional groups attached to an aromatic ring is 1. The van der Waals surface area contributed by atoms with Crippen LogP contribution in [0.1, 0.15) is 36.9 Å². The summed E-state index contributed by atoms with van der Waals surface area (Å²) in [5, 5.41) is 7.50. The zero-order valence-corrected chi connectivity index (χ0v) is 11.3. The molecule has 5 heteroatoms. The maximum Gasteiger partial charge on any atom is 0.142 e. The van der Waals surface area contributed by atoms with Crippen LogP contribution in [-0.2, 0) is 16.1 Å². The van der Waals surface area contributed by atoms with E-state index in [9.17, 15) is 0 Å². The van der Waals surface area contributed by atoms with Crippen LogP contribution in [0.2, 0.25) is 0 Å². The summed E-state index contributed by atoms with van der Waals surface area (Å²) in [4.78, 5) is 4.12. The summed E-state index contributed by atoms with van der Waals surface area (Å²) in [6, 6.07) is 3.74. The topological polar surface area (TPSA) is 81.2 Å². The molecule has 0 aromatic carbocycles. The molecular formula is C14H21N3O2. The summed E-state index contributed by atoms with van der Waals surface area (Å²) in [7, 11) is 1.75. The molecule has 0 saturated heterocycles. The van der Waals surface area contributed by atoms with Crippen LogP contribution >= 0.6 is 0 Å². The molecule has 1 fully saturated rings. The number of pyridine rings is 1. The van der Waals surface area contributed by atoms with Gasteiger partial charge >= 0.3 is 0 Å². The molecule has 104 valence electrons. The molecule has 0 amide bonds. The van der Waals surface area contributed by atoms with Gasteiger partial charge in [-0.15, -0.1) is 0 Å². The van der Waals surface area contributed by atoms with Crippen LogP contribution in [0.25, 0.3) is 0 Å². The number of nitrogens with two attached hydrogens (primary N) is 1. The number of rotatable bonds is 5. The van der Waals surface area contributed by atoms with Gasteiger partial charge in [-0.1, -0.05) is 6.07 Å². The molecule has 1 aromatic rings. The van der Waals surface area contributed by atoms with Crippen LogP contribution in [0.15, 0.2) is 18.3 Å². The average Bonchev–Trinajstić information content (AvgIpc) is 2.45. The zero-order valence-electron chi connectivity index (χ0n) is 11.3. The van der Waals surface area contributed by atoms with Gasteiger partial charge in [-0.2, -0.15) is 0 Å². The fraction of sp³-hybridized carbons (Fsp3) is 0.571. The third-order valence-corrected chi connectivity index (χ3v) is 3.53. The highest BCUT2D eigenvalue weighted by Crippen LogP contribution is 2.24. The first-order valence-corrected chi connectivity index (χ1v) is 6.63. The van der Waals surface area contributed by atoms with Gasteiger partial charge in [0.15, 0.2) is 0 Å². The molecule has 5 nitrogen and oxygen atoms in total. The molecule has 1 saturated carbocycles. The molecule has 0 radical (unpaired) electrons. The third-order valence-electron chi connectivity index (χ3n) is 3.53. The lowest BCUT2D eigenvalue weighted by Crippen LogP contribution is -2.27. The minimum atomic E-state index is -0.0161. The molecule has 19 heavy (non-hydrogen) atoms. The van der Waals surface area contributed by atoms with E-state index in [1.54, 1.807) is 13.3 Å². The number of amidine groups is 1. The Morgan fingerprint density at radius 3 is 3.00 bits per heavy atom. The second-order valence-corrected chi connectivity index (χ2v) is 4.88. The van der Waals surface area contributed by atoms with Crippen molar-refractivity contribution in [3.63, 3.8) is 0 Å². The van der Waals surface area contributed by atoms with Crippen molar-refractivity contribution in [3.8, 4) is 0 Å². The number of aromatic nitrogens is 1. The van der Waals surface area contributed by atoms with Gasteiger partial charge in [0, 0.05) is 18.9 Å². The molecular weight excluding hydrogens is 242 g/mol. The number of nitrogens with zero attached hydrogens (tertiary/aromatic N) is 1. The summed E-state index contributed by atoms with van der Waals surface area (Å²) in [6.45, 7) is 0.448. The molecule has 1 heterocycles. The highest BCUT2D eigenvalue weighted by Gasteiger charge is 2.22. The lowest BCUT2D eigenvalue weighted by atomic mass is 9.95. The standard InChI is InChI=1S/C14H21N3O2/c1-18-11-5-2-6-12(8-11)19-9-10-4-3-7-17-13(10)14(15)16/h3-4,7,11-12H,2,5-6,8-9H2,1H3,(H3,15,16). The second-order valence-electron chi connectivity index (χ2n) is 4.88. The summed E-state index contributed by atoms with van der Waals surface area (Å²) in [6.07, 6.45) is 6.42. The number of hydrogen-bond acceptors (Lipinski definition) is 4. The van der Waals surface area contributed by atoms with Crippen molar-refractivity contribution in [2.45, 2.75) is 44.5 Å². The van der Waals surface area contributed by atoms with Crippen molar-refractivity contribution in [1.29, 1.82) is 5.41 Å². The van der Waals surface area contributed by atoms with Gasteiger partial charge in [0.1, 0.15) is 11.5 Å². The molecule has 2 atom stereocenters. The molecule has 2 unspecified atom stereocenters. The summed E-state index contributed by atoms with van der Waals surface area (Å²) < 4.78 is 11.3. The lowest BCUT2D eigenvalue weighted by Gasteiger charge is -2.28. The quantitative estimate of drug-likeness (QED) is 0.627. The maximum atomic E-state index is 7.50. The van der Waals surface area contributed by atoms with Crippen molar-refractivity contribution in [1.82, 2.24) is 4.98 Å². The fourth-order valence-corrected chi connectivity index (χ4v) is 2.47. The van der Waals surface area contributed by atoms with Crippen molar-refractivity contribution in [2.75, 3.05) is 7.11 Å². The highest BCUT2D eigenvalue weighted by atomic mass is 16.5. The van der Waals surface area contributed by atoms with E-state index in [0.717, 1.165) is 31.2 Å². The lowest BCUT2D eigenvalue weighted by molar-refractivity contribution is -0.0364. The van der Waals surface area contributed by atoms with E-state index in [2.05, 4.69) is 4.98 Å². The minimum Gasteiger partial charge on any atom is -0.382 e. The number of methoxy groups -OCH3 is 1. The number of ether oxygens (including phenoxy) is 2. The molecule has 0 bridgehead atoms. The molecule has 1 aliphatic rings. The van der Waals surface area contributed by atoms with E-state index in [1.165, 1.54) is 0 Å². The van der Waals surface area contributed by atoms with Gasteiger partial charge in [-0.25, -0.2) is 0 Å². The van der Waals surface area contributed by atoms with Gasteiger partial charge in [0.2, 0.25) is 0 Å². The van der Waals surface area contributed by atoms with Crippen LogP contribution < -0.4 is 5.73 Å². The first-order chi connectivity index (χ1) is 9.20. The Morgan fingerprint density at radius 1 is 1.47 bits per heavy atom. The summed E-state index contributed by atoms with van der Waals surface area (Å²) in [5.74, 6) is -0.0161. The van der Waals surface area contributed by atoms with Gasteiger partial charge in [-0.05, 0) is 31.7 Å². The maximum absolute atomic E-state index is 7.50. The van der Waals surface area contributed by atoms with Crippen LogP contribution in [0, 0.1) is 5.41 Å². The normalized spacial score (nSPS) is 23.2. The van der Waals surface area contributed by atoms with E-state index in [4.69, 9.17) is 20.6 Å². The van der Waals surface area contributed by atoms with E-state index < -0.39 is 0 Å². The Labute approximate surface area is 113 Å². The third kappa shape index (κ3) is 3.75. The number of nitrogens with one attached hydrogen (secondary N) is 1. The van der Waals surface area contributed by atoms with E-state index in [0.29, 0.717) is 18.4 Å². The predicted molar refractivity (Wildman–Crippen MR) is 73.1 cm³/mol. The fourth-order valence-electron chi connectivity index (χ4n) is 2.47. The van der Waals surface area contributed by atoms with Crippen molar-refractivity contribution >= 4 is 5.84 Å². The molecule has 3 N–H and O–H groups in total. The first kappa shape index (κ1) is 14.0. The van der Waals surface area contributed by atoms with Gasteiger partial charge in [0.05, 0.1) is 18.8 Å². The molecule has 2 rings (SSSR count). The summed E-state index contributed by atoms with van der Waals surface area (Å²) in [5.41, 5.74) is 6.90. The first-order valence-electron chi connectivity index (χ1n) is 6.63. The number of hydrogen-bond donors (Lipinski definition) is 2. The molecule has 0 aliphatic heterocycles. The minimum absolute atomic E-state index is 0.0161. The smallest absolute Gasteiger partial charge is 0.142 e. The van der Waals surface area contributed by atoms with Crippen LogP contribution in [0.3, 0.4) is 0 Å². The summed E-state index contributed by atoms with van der Waals surface area (Å²) >= 11 is 0. The Balaban J connectivity index is 1.93. The van der Waals surface area contributed by atoms with Crippen LogP contribution in [-0.4, -0.2) is 30.1 Å². The largest absolute Gasteiger partial charge is 0.382 e. The molecule has 1 aromatic heterocycles. The molecule has 0 spiro atoms. The second kappa shape index (κ2) is 6.63. The van der Waals surface area contributed by atoms with E-state index in [1.807, 2.05) is 12.1 Å². The SMILES string of the molecule is COC1CCCC(OCc2cccnc2C(=N)N)C1. The highest BCUT2D eigenvalue weighted by molar-refractivity contribution is 5.94. The Hall–Kier alpha value is -1.46. The predicted octanol–water partition coefficient (Wildman–Crippen LogP) is 1.84. The van der Waals surface area contributed by atoms with Crippen molar-refractivity contribution in [2.24, 2.45) is 5.73 Å². The monoisotopic (exact) mass is 263 g/mol. The van der Waals surface area contributed by atoms with Gasteiger partial charge < -0.3 is 15.2 Å². The van der Waals surface area contributed by atoms with Crippen LogP contribution in [0.4, 0.5) is 0 Å². The average molecular weight is 263 g/mol. The van der Waals surface area contributed by atoms with Gasteiger partial charge in [0.25, 0.3) is 0 Å². The Kier molecular flexibility index (Phi) is 4.87. The Bertz CT molecular complexity index is 436. The van der Waals surface area contributed by atoms with Crippen LogP contribution in [0.5, 0.6) is 0 Å².